The van der Waals surface area contributed by atoms with Gasteiger partial charge in [-0.15, -0.1) is 0 Å². The predicted molar refractivity (Wildman–Crippen MR) is 52.8 cm³/mol. The maximum absolute atomic E-state index is 4.96. The number of halogens is 2. The van der Waals surface area contributed by atoms with Gasteiger partial charge in [0.15, 0.2) is 0 Å². The molecule has 0 saturated heterocycles. The molecule has 1 aliphatic carbocycles. The summed E-state index contributed by atoms with van der Waals surface area (Å²) in [5.74, 6) is 0. The van der Waals surface area contributed by atoms with Crippen molar-refractivity contribution in [2.45, 2.75) is 26.2 Å². The molecule has 0 aliphatic heterocycles. The minimum absolute atomic E-state index is 0.972. The van der Waals surface area contributed by atoms with Crippen molar-refractivity contribution in [3.63, 3.8) is 0 Å². The van der Waals surface area contributed by atoms with E-state index < -0.39 is 20.5 Å². The molecule has 1 aliphatic rings. The Kier molecular flexibility index (Phi) is 10.8. The Balaban J connectivity index is 0.000000354. The van der Waals surface area contributed by atoms with E-state index in [0.717, 1.165) is 0 Å². The molecule has 3 heteroatoms. The van der Waals surface area contributed by atoms with Gasteiger partial charge in [-0.05, 0) is 12.8 Å². The first kappa shape index (κ1) is 12.9. The van der Waals surface area contributed by atoms with Gasteiger partial charge in [-0.2, -0.15) is 0 Å². The molecule has 12 heavy (non-hydrogen) atoms. The molecule has 0 unspecified atom stereocenters. The zero-order valence-electron chi connectivity index (χ0n) is 7.19. The summed E-state index contributed by atoms with van der Waals surface area (Å²) >= 11 is -0.972. The summed E-state index contributed by atoms with van der Waals surface area (Å²) in [4.78, 5) is 0. The van der Waals surface area contributed by atoms with Gasteiger partial charge in [0.2, 0.25) is 0 Å². The molecule has 0 saturated carbocycles. The van der Waals surface area contributed by atoms with E-state index in [1.165, 1.54) is 24.8 Å². The van der Waals surface area contributed by atoms with Gasteiger partial charge < -0.3 is 0 Å². The van der Waals surface area contributed by atoms with Crippen LogP contribution in [0.1, 0.15) is 26.2 Å². The molecule has 1 rings (SSSR count). The average molecular weight is 371 g/mol. The van der Waals surface area contributed by atoms with E-state index in [0.29, 0.717) is 0 Å². The van der Waals surface area contributed by atoms with Crippen LogP contribution in [0.25, 0.3) is 0 Å². The second kappa shape index (κ2) is 10.0. The van der Waals surface area contributed by atoms with Crippen LogP contribution in [0.4, 0.5) is 0 Å². The van der Waals surface area contributed by atoms with E-state index >= 15 is 0 Å². The molecule has 1 radical (unpaired) electrons. The number of hydrogen-bond acceptors (Lipinski definition) is 0. The molecular formula is C9H13Cl2Hf. The van der Waals surface area contributed by atoms with E-state index in [2.05, 4.69) is 31.6 Å². The molecule has 0 fully saturated rings. The van der Waals surface area contributed by atoms with Crippen molar-refractivity contribution < 1.29 is 20.5 Å². The summed E-state index contributed by atoms with van der Waals surface area (Å²) < 4.78 is 0. The van der Waals surface area contributed by atoms with Crippen molar-refractivity contribution in [3.8, 4) is 0 Å². The third-order valence-corrected chi connectivity index (χ3v) is 1.55. The van der Waals surface area contributed by atoms with Crippen LogP contribution in [0.3, 0.4) is 0 Å². The Bertz CT molecular complexity index is 153. The molecule has 0 aromatic heterocycles. The Morgan fingerprint density at radius 2 is 2.08 bits per heavy atom. The first-order valence-electron chi connectivity index (χ1n) is 4.02. The van der Waals surface area contributed by atoms with Gasteiger partial charge in [-0.1, -0.05) is 37.1 Å². The molecule has 67 valence electrons. The van der Waals surface area contributed by atoms with Crippen LogP contribution in [0, 0.1) is 6.42 Å². The topological polar surface area (TPSA) is 0 Å². The zero-order valence-corrected chi connectivity index (χ0v) is 12.3. The number of hydrogen-bond donors (Lipinski definition) is 0. The number of unbranched alkanes of at least 4 members (excludes halogenated alkanes) is 1. The van der Waals surface area contributed by atoms with E-state index in [1.54, 1.807) is 0 Å². The van der Waals surface area contributed by atoms with Crippen LogP contribution in [-0.4, -0.2) is 0 Å². The summed E-state index contributed by atoms with van der Waals surface area (Å²) in [5.41, 5.74) is 1.48. The third-order valence-electron chi connectivity index (χ3n) is 1.55. The van der Waals surface area contributed by atoms with Crippen molar-refractivity contribution in [1.29, 1.82) is 0 Å². The van der Waals surface area contributed by atoms with Crippen LogP contribution in [0.5, 0.6) is 0 Å². The van der Waals surface area contributed by atoms with Crippen molar-refractivity contribution in [2.24, 2.45) is 0 Å². The monoisotopic (exact) mass is 371 g/mol. The van der Waals surface area contributed by atoms with E-state index in [-0.39, 0.29) is 0 Å². The second-order valence-electron chi connectivity index (χ2n) is 2.47. The normalized spacial score (nSPS) is 13.4. The summed E-state index contributed by atoms with van der Waals surface area (Å²) in [6.45, 7) is 2.23. The van der Waals surface area contributed by atoms with Gasteiger partial charge in [-0.3, -0.25) is 0 Å². The van der Waals surface area contributed by atoms with Crippen molar-refractivity contribution in [3.05, 3.63) is 30.2 Å². The first-order chi connectivity index (χ1) is 5.85. The summed E-state index contributed by atoms with van der Waals surface area (Å²) in [7, 11) is 9.92. The maximum atomic E-state index is 4.96. The zero-order chi connectivity index (χ0) is 9.23. The average Bonchev–Trinajstić information content (AvgIpc) is 2.54. The van der Waals surface area contributed by atoms with Crippen LogP contribution < -0.4 is 0 Å². The molecule has 0 N–H and O–H groups in total. The van der Waals surface area contributed by atoms with E-state index in [1.807, 2.05) is 0 Å². The van der Waals surface area contributed by atoms with Crippen LogP contribution in [0.2, 0.25) is 0 Å². The molecule has 0 spiro atoms. The van der Waals surface area contributed by atoms with E-state index in [9.17, 15) is 0 Å². The van der Waals surface area contributed by atoms with Gasteiger partial charge in [0.05, 0.1) is 0 Å². The van der Waals surface area contributed by atoms with Crippen LogP contribution in [-0.2, 0) is 20.5 Å². The Labute approximate surface area is 93.5 Å². The van der Waals surface area contributed by atoms with Gasteiger partial charge in [0, 0.05) is 6.42 Å². The predicted octanol–water partition coefficient (Wildman–Crippen LogP) is 4.25. The molecule has 0 aromatic rings. The molecular weight excluding hydrogens is 357 g/mol. The minimum atomic E-state index is -0.972. The van der Waals surface area contributed by atoms with E-state index in [4.69, 9.17) is 17.2 Å². The molecule has 0 nitrogen and oxygen atoms in total. The molecule has 0 atom stereocenters. The summed E-state index contributed by atoms with van der Waals surface area (Å²) in [6, 6.07) is 0. The van der Waals surface area contributed by atoms with Crippen molar-refractivity contribution in [1.82, 2.24) is 0 Å². The molecule has 0 heterocycles. The first-order valence-corrected chi connectivity index (χ1v) is 12.9. The molecule has 0 bridgehead atoms. The number of rotatable bonds is 3. The van der Waals surface area contributed by atoms with Gasteiger partial charge in [0.1, 0.15) is 0 Å². The quantitative estimate of drug-likeness (QED) is 0.652. The third kappa shape index (κ3) is 7.57. The Hall–Kier alpha value is 0.930. The SMILES string of the molecule is CCCCC1=C[CH]C=C1.[Cl][Hf][Cl]. The fourth-order valence-electron chi connectivity index (χ4n) is 0.961. The van der Waals surface area contributed by atoms with Crippen LogP contribution in [0.15, 0.2) is 23.8 Å². The summed E-state index contributed by atoms with van der Waals surface area (Å²) in [5, 5.41) is 0. The standard InChI is InChI=1S/C9H13.2ClH.Hf/c1-2-3-6-9-7-4-5-8-9;;;/h4-5,7-8H,2-3,6H2,1H3;2*1H;/q;;;+2/p-2. The van der Waals surface area contributed by atoms with Crippen molar-refractivity contribution >= 4 is 17.2 Å². The van der Waals surface area contributed by atoms with Gasteiger partial charge in [0.25, 0.3) is 0 Å². The molecule has 0 aromatic carbocycles. The second-order valence-corrected chi connectivity index (χ2v) is 7.66. The van der Waals surface area contributed by atoms with Crippen molar-refractivity contribution in [2.75, 3.05) is 0 Å². The Morgan fingerprint density at radius 3 is 2.50 bits per heavy atom. The number of allylic oxidation sites excluding steroid dienone is 4. The Morgan fingerprint density at radius 1 is 1.42 bits per heavy atom. The van der Waals surface area contributed by atoms with Gasteiger partial charge in [-0.25, -0.2) is 0 Å². The van der Waals surface area contributed by atoms with Crippen LogP contribution >= 0.6 is 17.2 Å². The molecule has 0 amide bonds. The summed E-state index contributed by atoms with van der Waals surface area (Å²) in [6.07, 6.45) is 12.5. The fraction of sp³-hybridized carbons (Fsp3) is 0.444. The fourth-order valence-corrected chi connectivity index (χ4v) is 0.961. The van der Waals surface area contributed by atoms with Gasteiger partial charge >= 0.3 is 37.7 Å².